The average Bonchev–Trinajstić information content (AvgIpc) is 3.00. The molecule has 0 saturated carbocycles. The lowest BCUT2D eigenvalue weighted by Crippen LogP contribution is -2.55. The van der Waals surface area contributed by atoms with Crippen molar-refractivity contribution in [2.45, 2.75) is 46.1 Å². The Kier molecular flexibility index (Phi) is 8.83. The van der Waals surface area contributed by atoms with Crippen LogP contribution in [0.2, 0.25) is 0 Å². The maximum atomic E-state index is 15.8. The topological polar surface area (TPSA) is 95.8 Å². The Labute approximate surface area is 243 Å². The lowest BCUT2D eigenvalue weighted by Gasteiger charge is -2.44. The third-order valence-electron chi connectivity index (χ3n) is 8.22. The molecule has 0 spiro atoms. The second kappa shape index (κ2) is 12.5. The van der Waals surface area contributed by atoms with Crippen LogP contribution in [-0.2, 0) is 18.0 Å². The highest BCUT2D eigenvalue weighted by Crippen LogP contribution is 2.36. The van der Waals surface area contributed by atoms with Gasteiger partial charge in [0, 0.05) is 86.2 Å². The number of aryl methyl sites for hydroxylation is 1. The Morgan fingerprint density at radius 1 is 1.07 bits per heavy atom. The SMILES string of the molecule is CCn1cc(C(=O)Nc2cc(-c3cnc(N4CCOCC4)nc3)c(F)cc2N2CC(C)N(C)C(C)C2)c(CF)cc1=O. The van der Waals surface area contributed by atoms with E-state index >= 15 is 4.39 Å². The minimum absolute atomic E-state index is 0.0000263. The summed E-state index contributed by atoms with van der Waals surface area (Å²) in [6.07, 6.45) is 4.51. The van der Waals surface area contributed by atoms with E-state index in [1.54, 1.807) is 25.4 Å². The maximum absolute atomic E-state index is 15.8. The molecule has 2 unspecified atom stereocenters. The number of nitrogens with one attached hydrogen (secondary N) is 1. The Bertz CT molecular complexity index is 1480. The first-order valence-corrected chi connectivity index (χ1v) is 14.3. The maximum Gasteiger partial charge on any atom is 0.257 e. The van der Waals surface area contributed by atoms with Crippen molar-refractivity contribution in [2.75, 3.05) is 61.6 Å². The number of aromatic nitrogens is 3. The van der Waals surface area contributed by atoms with Crippen molar-refractivity contribution in [1.82, 2.24) is 19.4 Å². The Balaban J connectivity index is 1.54. The summed E-state index contributed by atoms with van der Waals surface area (Å²) in [5.74, 6) is -0.524. The molecule has 0 radical (unpaired) electrons. The first-order chi connectivity index (χ1) is 20.2. The van der Waals surface area contributed by atoms with Crippen LogP contribution in [0.5, 0.6) is 0 Å². The standard InChI is InChI=1S/C30H37F2N7O3/c1-5-37-18-24(21(13-31)10-28(37)40)29(41)35-26-11-23(22-14-33-30(34-15-22)38-6-8-42-9-7-38)25(32)12-27(26)39-16-19(2)36(4)20(3)17-39/h10-12,14-15,18-20H,5-9,13,16-17H2,1-4H3,(H,35,41). The molecular formula is C30H37F2N7O3. The fourth-order valence-electron chi connectivity index (χ4n) is 5.50. The van der Waals surface area contributed by atoms with Gasteiger partial charge in [0.25, 0.3) is 11.5 Å². The summed E-state index contributed by atoms with van der Waals surface area (Å²) >= 11 is 0. The third-order valence-corrected chi connectivity index (χ3v) is 8.22. The van der Waals surface area contributed by atoms with Crippen molar-refractivity contribution in [3.8, 4) is 11.1 Å². The van der Waals surface area contributed by atoms with Crippen LogP contribution in [0.15, 0.2) is 41.6 Å². The smallest absolute Gasteiger partial charge is 0.257 e. The Morgan fingerprint density at radius 3 is 2.36 bits per heavy atom. The van der Waals surface area contributed by atoms with E-state index in [0.29, 0.717) is 68.8 Å². The number of likely N-dealkylation sites (N-methyl/N-ethyl adjacent to an activating group) is 1. The minimum atomic E-state index is -0.968. The minimum Gasteiger partial charge on any atom is -0.378 e. The van der Waals surface area contributed by atoms with Gasteiger partial charge in [0.2, 0.25) is 5.95 Å². The molecule has 4 heterocycles. The number of pyridine rings is 1. The van der Waals surface area contributed by atoms with E-state index in [2.05, 4.69) is 46.0 Å². The van der Waals surface area contributed by atoms with Gasteiger partial charge < -0.3 is 24.4 Å². The van der Waals surface area contributed by atoms with Crippen LogP contribution >= 0.6 is 0 Å². The van der Waals surface area contributed by atoms with Gasteiger partial charge >= 0.3 is 0 Å². The molecule has 10 nitrogen and oxygen atoms in total. The molecule has 1 amide bonds. The molecule has 2 aromatic heterocycles. The highest BCUT2D eigenvalue weighted by molar-refractivity contribution is 6.07. The fourth-order valence-corrected chi connectivity index (χ4v) is 5.50. The van der Waals surface area contributed by atoms with Gasteiger partial charge in [0.15, 0.2) is 0 Å². The molecular weight excluding hydrogens is 544 g/mol. The van der Waals surface area contributed by atoms with Crippen LogP contribution in [0.3, 0.4) is 0 Å². The van der Waals surface area contributed by atoms with E-state index in [1.165, 1.54) is 16.8 Å². The van der Waals surface area contributed by atoms with Gasteiger partial charge in [0.1, 0.15) is 12.5 Å². The number of anilines is 3. The summed E-state index contributed by atoms with van der Waals surface area (Å²) in [6.45, 7) is 9.10. The van der Waals surface area contributed by atoms with E-state index in [9.17, 15) is 14.0 Å². The van der Waals surface area contributed by atoms with Gasteiger partial charge in [-0.05, 0) is 40.0 Å². The summed E-state index contributed by atoms with van der Waals surface area (Å²) in [6, 6.07) is 4.52. The normalized spacial score (nSPS) is 19.7. The molecule has 1 N–H and O–H groups in total. The lowest BCUT2D eigenvalue weighted by atomic mass is 10.0. The third kappa shape index (κ3) is 6.00. The number of amides is 1. The quantitative estimate of drug-likeness (QED) is 0.453. The van der Waals surface area contributed by atoms with Crippen molar-refractivity contribution in [2.24, 2.45) is 0 Å². The number of carbonyl (C=O) groups is 1. The number of halogens is 2. The highest BCUT2D eigenvalue weighted by Gasteiger charge is 2.29. The van der Waals surface area contributed by atoms with E-state index in [0.717, 1.165) is 6.07 Å². The summed E-state index contributed by atoms with van der Waals surface area (Å²) in [7, 11) is 2.06. The average molecular weight is 582 g/mol. The van der Waals surface area contributed by atoms with Crippen LogP contribution in [0.25, 0.3) is 11.1 Å². The fraction of sp³-hybridized carbons (Fsp3) is 0.467. The van der Waals surface area contributed by atoms with Crippen LogP contribution < -0.4 is 20.7 Å². The van der Waals surface area contributed by atoms with Gasteiger partial charge in [-0.25, -0.2) is 18.7 Å². The highest BCUT2D eigenvalue weighted by atomic mass is 19.1. The van der Waals surface area contributed by atoms with Crippen molar-refractivity contribution >= 4 is 23.2 Å². The van der Waals surface area contributed by atoms with Gasteiger partial charge in [0.05, 0.1) is 30.2 Å². The molecule has 2 aliphatic heterocycles. The number of hydrogen-bond acceptors (Lipinski definition) is 8. The number of ether oxygens (including phenoxy) is 1. The van der Waals surface area contributed by atoms with Gasteiger partial charge in [-0.3, -0.25) is 14.5 Å². The Morgan fingerprint density at radius 2 is 1.74 bits per heavy atom. The number of benzene rings is 1. The van der Waals surface area contributed by atoms with Crippen molar-refractivity contribution in [3.63, 3.8) is 0 Å². The van der Waals surface area contributed by atoms with Crippen LogP contribution in [0.1, 0.15) is 36.7 Å². The van der Waals surface area contributed by atoms with Gasteiger partial charge in [-0.15, -0.1) is 0 Å². The molecule has 2 atom stereocenters. The number of piperazine rings is 1. The molecule has 3 aromatic rings. The van der Waals surface area contributed by atoms with E-state index in [-0.39, 0.29) is 34.3 Å². The van der Waals surface area contributed by atoms with Crippen LogP contribution in [0.4, 0.5) is 26.1 Å². The summed E-state index contributed by atoms with van der Waals surface area (Å²) in [4.78, 5) is 41.1. The number of nitrogens with zero attached hydrogens (tertiary/aromatic N) is 6. The van der Waals surface area contributed by atoms with E-state index in [1.807, 2.05) is 4.90 Å². The number of rotatable bonds is 7. The van der Waals surface area contributed by atoms with Crippen molar-refractivity contribution < 1.29 is 18.3 Å². The summed E-state index contributed by atoms with van der Waals surface area (Å²) < 4.78 is 36.4. The lowest BCUT2D eigenvalue weighted by molar-refractivity contribution is 0.102. The molecule has 0 bridgehead atoms. The molecule has 1 aromatic carbocycles. The zero-order valence-electron chi connectivity index (χ0n) is 24.4. The molecule has 5 rings (SSSR count). The van der Waals surface area contributed by atoms with Crippen molar-refractivity contribution in [3.05, 3.63) is 64.1 Å². The molecule has 2 aliphatic rings. The van der Waals surface area contributed by atoms with Crippen molar-refractivity contribution in [1.29, 1.82) is 0 Å². The number of carbonyl (C=O) groups excluding carboxylic acids is 1. The Hall–Kier alpha value is -3.90. The molecule has 12 heteroatoms. The first kappa shape index (κ1) is 29.6. The molecule has 42 heavy (non-hydrogen) atoms. The molecule has 2 fully saturated rings. The van der Waals surface area contributed by atoms with Crippen LogP contribution in [0, 0.1) is 5.82 Å². The predicted molar refractivity (Wildman–Crippen MR) is 158 cm³/mol. The molecule has 224 valence electrons. The predicted octanol–water partition coefficient (Wildman–Crippen LogP) is 3.55. The largest absolute Gasteiger partial charge is 0.378 e. The summed E-state index contributed by atoms with van der Waals surface area (Å²) in [5.41, 5.74) is 1.24. The van der Waals surface area contributed by atoms with E-state index in [4.69, 9.17) is 4.74 Å². The number of morpholine rings is 1. The number of alkyl halides is 1. The molecule has 0 aliphatic carbocycles. The summed E-state index contributed by atoms with van der Waals surface area (Å²) in [5, 5.41) is 2.91. The van der Waals surface area contributed by atoms with E-state index < -0.39 is 18.4 Å². The second-order valence-corrected chi connectivity index (χ2v) is 10.9. The number of hydrogen-bond donors (Lipinski definition) is 1. The van der Waals surface area contributed by atoms with Gasteiger partial charge in [-0.1, -0.05) is 0 Å². The van der Waals surface area contributed by atoms with Gasteiger partial charge in [-0.2, -0.15) is 0 Å². The molecule has 2 saturated heterocycles. The first-order valence-electron chi connectivity index (χ1n) is 14.3. The zero-order chi connectivity index (χ0) is 30.0. The van der Waals surface area contributed by atoms with Crippen LogP contribution in [-0.4, -0.2) is 83.9 Å². The zero-order valence-corrected chi connectivity index (χ0v) is 24.4. The monoisotopic (exact) mass is 581 g/mol. The second-order valence-electron chi connectivity index (χ2n) is 10.9.